The van der Waals surface area contributed by atoms with E-state index >= 15 is 0 Å². The van der Waals surface area contributed by atoms with Crippen molar-refractivity contribution >= 4 is 10.9 Å². The molecule has 1 aromatic carbocycles. The third-order valence-electron chi connectivity index (χ3n) is 3.39. The molecule has 2 heteroatoms. The highest BCUT2D eigenvalue weighted by molar-refractivity contribution is 5.81. The lowest BCUT2D eigenvalue weighted by molar-refractivity contribution is 0.703. The van der Waals surface area contributed by atoms with Crippen molar-refractivity contribution in [2.24, 2.45) is 0 Å². The van der Waals surface area contributed by atoms with Crippen molar-refractivity contribution in [2.45, 2.75) is 19.9 Å². The number of para-hydroxylation sites is 1. The molecule has 0 amide bonds. The summed E-state index contributed by atoms with van der Waals surface area (Å²) in [6.45, 7) is 3.19. The highest BCUT2D eigenvalue weighted by Gasteiger charge is 2.04. The SMILES string of the molecule is Cc1cc2ccccc2n1CCc1ccncc1. The summed E-state index contributed by atoms with van der Waals surface area (Å²) in [5, 5.41) is 1.32. The Morgan fingerprint density at radius 1 is 1.06 bits per heavy atom. The third-order valence-corrected chi connectivity index (χ3v) is 3.39. The molecule has 0 atom stereocenters. The van der Waals surface area contributed by atoms with Gasteiger partial charge in [-0.1, -0.05) is 18.2 Å². The number of fused-ring (bicyclic) bond motifs is 1. The van der Waals surface area contributed by atoms with Gasteiger partial charge in [-0.25, -0.2) is 0 Å². The van der Waals surface area contributed by atoms with E-state index in [4.69, 9.17) is 0 Å². The van der Waals surface area contributed by atoms with Crippen LogP contribution >= 0.6 is 0 Å². The van der Waals surface area contributed by atoms with E-state index < -0.39 is 0 Å². The van der Waals surface area contributed by atoms with Crippen LogP contribution in [0.25, 0.3) is 10.9 Å². The maximum absolute atomic E-state index is 4.05. The Bertz CT molecular complexity index is 653. The highest BCUT2D eigenvalue weighted by atomic mass is 15.0. The summed E-state index contributed by atoms with van der Waals surface area (Å²) >= 11 is 0. The monoisotopic (exact) mass is 236 g/mol. The van der Waals surface area contributed by atoms with Gasteiger partial charge in [0.15, 0.2) is 0 Å². The fourth-order valence-corrected chi connectivity index (χ4v) is 2.44. The normalized spacial score (nSPS) is 10.9. The fourth-order valence-electron chi connectivity index (χ4n) is 2.44. The molecule has 2 nitrogen and oxygen atoms in total. The van der Waals surface area contributed by atoms with Crippen molar-refractivity contribution in [1.82, 2.24) is 9.55 Å². The predicted octanol–water partition coefficient (Wildman–Crippen LogP) is 3.59. The molecule has 0 unspecified atom stereocenters. The lowest BCUT2D eigenvalue weighted by Gasteiger charge is -2.08. The van der Waals surface area contributed by atoms with E-state index in [1.807, 2.05) is 12.4 Å². The van der Waals surface area contributed by atoms with Gasteiger partial charge in [0.2, 0.25) is 0 Å². The first-order chi connectivity index (χ1) is 8.84. The van der Waals surface area contributed by atoms with E-state index in [9.17, 15) is 0 Å². The van der Waals surface area contributed by atoms with Crippen molar-refractivity contribution in [3.8, 4) is 0 Å². The topological polar surface area (TPSA) is 17.8 Å². The number of aromatic nitrogens is 2. The Labute approximate surface area is 107 Å². The van der Waals surface area contributed by atoms with Crippen molar-refractivity contribution in [3.63, 3.8) is 0 Å². The second-order valence-electron chi connectivity index (χ2n) is 4.60. The maximum atomic E-state index is 4.05. The lowest BCUT2D eigenvalue weighted by Crippen LogP contribution is -2.02. The van der Waals surface area contributed by atoms with Gasteiger partial charge in [0.25, 0.3) is 0 Å². The first-order valence-corrected chi connectivity index (χ1v) is 6.28. The number of nitrogens with zero attached hydrogens (tertiary/aromatic N) is 2. The van der Waals surface area contributed by atoms with Crippen LogP contribution in [0.2, 0.25) is 0 Å². The smallest absolute Gasteiger partial charge is 0.0482 e. The summed E-state index contributed by atoms with van der Waals surface area (Å²) in [6, 6.07) is 15.0. The molecule has 0 bridgehead atoms. The molecule has 0 aliphatic carbocycles. The third kappa shape index (κ3) is 2.02. The second kappa shape index (κ2) is 4.65. The Hall–Kier alpha value is -2.09. The molecule has 0 fully saturated rings. The summed E-state index contributed by atoms with van der Waals surface area (Å²) in [5.41, 5.74) is 3.98. The van der Waals surface area contributed by atoms with Gasteiger partial charge in [-0.2, -0.15) is 0 Å². The Kier molecular flexibility index (Phi) is 2.85. The zero-order valence-corrected chi connectivity index (χ0v) is 10.5. The van der Waals surface area contributed by atoms with E-state index in [-0.39, 0.29) is 0 Å². The van der Waals surface area contributed by atoms with Crippen molar-refractivity contribution in [3.05, 3.63) is 66.1 Å². The lowest BCUT2D eigenvalue weighted by atomic mass is 10.2. The molecule has 0 aliphatic heterocycles. The second-order valence-corrected chi connectivity index (χ2v) is 4.60. The quantitative estimate of drug-likeness (QED) is 0.679. The summed E-state index contributed by atoms with van der Waals surface area (Å²) in [7, 11) is 0. The van der Waals surface area contributed by atoms with E-state index in [1.54, 1.807) is 0 Å². The Morgan fingerprint density at radius 3 is 2.67 bits per heavy atom. The molecule has 3 aromatic rings. The molecule has 90 valence electrons. The first-order valence-electron chi connectivity index (χ1n) is 6.28. The van der Waals surface area contributed by atoms with Crippen LogP contribution in [-0.4, -0.2) is 9.55 Å². The van der Waals surface area contributed by atoms with Crippen molar-refractivity contribution in [1.29, 1.82) is 0 Å². The molecular weight excluding hydrogens is 220 g/mol. The molecule has 0 radical (unpaired) electrons. The van der Waals surface area contributed by atoms with Gasteiger partial charge in [-0.05, 0) is 48.6 Å². The van der Waals surface area contributed by atoms with Crippen LogP contribution in [0.5, 0.6) is 0 Å². The van der Waals surface area contributed by atoms with Crippen LogP contribution in [0.4, 0.5) is 0 Å². The van der Waals surface area contributed by atoms with E-state index in [0.29, 0.717) is 0 Å². The molecule has 0 saturated heterocycles. The van der Waals surface area contributed by atoms with Crippen LogP contribution in [-0.2, 0) is 13.0 Å². The Balaban J connectivity index is 1.89. The minimum atomic E-state index is 1.02. The molecule has 3 rings (SSSR count). The van der Waals surface area contributed by atoms with Crippen LogP contribution < -0.4 is 0 Å². The molecule has 2 aromatic heterocycles. The van der Waals surface area contributed by atoms with E-state index in [1.165, 1.54) is 22.2 Å². The van der Waals surface area contributed by atoms with Gasteiger partial charge < -0.3 is 4.57 Å². The van der Waals surface area contributed by atoms with Gasteiger partial charge >= 0.3 is 0 Å². The van der Waals surface area contributed by atoms with E-state index in [0.717, 1.165) is 13.0 Å². The van der Waals surface area contributed by atoms with Crippen molar-refractivity contribution in [2.75, 3.05) is 0 Å². The van der Waals surface area contributed by atoms with Crippen molar-refractivity contribution < 1.29 is 0 Å². The number of rotatable bonds is 3. The maximum Gasteiger partial charge on any atom is 0.0482 e. The molecule has 0 saturated carbocycles. The first kappa shape index (κ1) is 11.0. The van der Waals surface area contributed by atoms with Crippen LogP contribution in [0.1, 0.15) is 11.3 Å². The minimum Gasteiger partial charge on any atom is -0.345 e. The standard InChI is InChI=1S/C16H16N2/c1-13-12-15-4-2-3-5-16(15)18(13)11-8-14-6-9-17-10-7-14/h2-7,9-10,12H,8,11H2,1H3. The summed E-state index contributed by atoms with van der Waals surface area (Å²) in [4.78, 5) is 4.05. The Morgan fingerprint density at radius 2 is 1.83 bits per heavy atom. The average molecular weight is 236 g/mol. The largest absolute Gasteiger partial charge is 0.345 e. The van der Waals surface area contributed by atoms with Crippen LogP contribution in [0, 0.1) is 6.92 Å². The fraction of sp³-hybridized carbons (Fsp3) is 0.188. The number of aryl methyl sites for hydroxylation is 3. The average Bonchev–Trinajstić information content (AvgIpc) is 2.73. The van der Waals surface area contributed by atoms with Gasteiger partial charge in [0.05, 0.1) is 0 Å². The van der Waals surface area contributed by atoms with Crippen LogP contribution in [0.15, 0.2) is 54.9 Å². The number of hydrogen-bond donors (Lipinski definition) is 0. The van der Waals surface area contributed by atoms with Gasteiger partial charge in [0.1, 0.15) is 0 Å². The number of benzene rings is 1. The number of hydrogen-bond acceptors (Lipinski definition) is 1. The zero-order chi connectivity index (χ0) is 12.4. The van der Waals surface area contributed by atoms with Gasteiger partial charge in [0, 0.05) is 30.1 Å². The molecule has 0 aliphatic rings. The molecule has 0 N–H and O–H groups in total. The highest BCUT2D eigenvalue weighted by Crippen LogP contribution is 2.19. The van der Waals surface area contributed by atoms with Gasteiger partial charge in [-0.15, -0.1) is 0 Å². The summed E-state index contributed by atoms with van der Waals surface area (Å²) < 4.78 is 2.38. The molecular formula is C16H16N2. The zero-order valence-electron chi connectivity index (χ0n) is 10.5. The molecule has 2 heterocycles. The van der Waals surface area contributed by atoms with E-state index in [2.05, 4.69) is 58.9 Å². The molecule has 0 spiro atoms. The number of pyridine rings is 1. The van der Waals surface area contributed by atoms with Gasteiger partial charge in [-0.3, -0.25) is 4.98 Å². The van der Waals surface area contributed by atoms with Crippen LogP contribution in [0.3, 0.4) is 0 Å². The molecule has 18 heavy (non-hydrogen) atoms. The summed E-state index contributed by atoms with van der Waals surface area (Å²) in [5.74, 6) is 0. The minimum absolute atomic E-state index is 1.02. The predicted molar refractivity (Wildman–Crippen MR) is 74.6 cm³/mol. The summed E-state index contributed by atoms with van der Waals surface area (Å²) in [6.07, 6.45) is 4.76.